The van der Waals surface area contributed by atoms with Crippen LogP contribution in [-0.2, 0) is 14.8 Å². The molecule has 0 aliphatic carbocycles. The fourth-order valence-electron chi connectivity index (χ4n) is 3.09. The molecular formula is C21H27N3O6S. The lowest BCUT2D eigenvalue weighted by molar-refractivity contribution is -0.385. The predicted octanol–water partition coefficient (Wildman–Crippen LogP) is 3.41. The van der Waals surface area contributed by atoms with Crippen molar-refractivity contribution in [3.05, 3.63) is 58.1 Å². The summed E-state index contributed by atoms with van der Waals surface area (Å²) in [4.78, 5) is 23.0. The van der Waals surface area contributed by atoms with Crippen molar-refractivity contribution in [2.24, 2.45) is 0 Å². The molecule has 31 heavy (non-hydrogen) atoms. The molecule has 9 nitrogen and oxygen atoms in total. The van der Waals surface area contributed by atoms with Crippen LogP contribution in [0.4, 0.5) is 11.4 Å². The van der Waals surface area contributed by atoms with E-state index < -0.39 is 27.4 Å². The van der Waals surface area contributed by atoms with Gasteiger partial charge in [-0.05, 0) is 50.6 Å². The third-order valence-corrected chi connectivity index (χ3v) is 6.51. The molecule has 0 radical (unpaired) electrons. The van der Waals surface area contributed by atoms with Crippen LogP contribution in [0.15, 0.2) is 47.4 Å². The monoisotopic (exact) mass is 449 g/mol. The third-order valence-electron chi connectivity index (χ3n) is 4.74. The molecule has 1 atom stereocenters. The Morgan fingerprint density at radius 1 is 1.23 bits per heavy atom. The van der Waals surface area contributed by atoms with Crippen LogP contribution in [0.5, 0.6) is 5.75 Å². The zero-order valence-corrected chi connectivity index (χ0v) is 18.8. The molecule has 2 rings (SSSR count). The minimum Gasteiger partial charge on any atom is -0.497 e. The molecule has 0 aliphatic rings. The maximum absolute atomic E-state index is 13.4. The highest BCUT2D eigenvalue weighted by Gasteiger charge is 2.29. The summed E-state index contributed by atoms with van der Waals surface area (Å²) in [5.74, 6) is 0.0510. The summed E-state index contributed by atoms with van der Waals surface area (Å²) in [6.07, 6.45) is 1.63. The number of anilines is 1. The van der Waals surface area contributed by atoms with Gasteiger partial charge in [-0.3, -0.25) is 19.2 Å². The first-order valence-electron chi connectivity index (χ1n) is 9.81. The molecule has 0 bridgehead atoms. The molecule has 0 spiro atoms. The topological polar surface area (TPSA) is 119 Å². The van der Waals surface area contributed by atoms with E-state index in [4.69, 9.17) is 4.74 Å². The largest absolute Gasteiger partial charge is 0.497 e. The van der Waals surface area contributed by atoms with Crippen molar-refractivity contribution >= 4 is 27.3 Å². The molecule has 168 valence electrons. The molecule has 1 N–H and O–H groups in total. The summed E-state index contributed by atoms with van der Waals surface area (Å²) in [5.41, 5.74) is 0.269. The number of aryl methyl sites for hydroxylation is 1. The van der Waals surface area contributed by atoms with Crippen molar-refractivity contribution < 1.29 is 22.9 Å². The number of methoxy groups -OCH3 is 1. The van der Waals surface area contributed by atoms with E-state index in [0.717, 1.165) is 23.2 Å². The van der Waals surface area contributed by atoms with Crippen molar-refractivity contribution in [2.45, 2.75) is 44.6 Å². The number of nitro benzene ring substituents is 1. The molecule has 0 fully saturated rings. The van der Waals surface area contributed by atoms with Gasteiger partial charge in [-0.1, -0.05) is 19.4 Å². The number of sulfonamides is 1. The zero-order chi connectivity index (χ0) is 23.2. The van der Waals surface area contributed by atoms with Crippen molar-refractivity contribution in [1.29, 1.82) is 0 Å². The Balaban J connectivity index is 2.48. The second kappa shape index (κ2) is 10.3. The Hall–Kier alpha value is -3.14. The van der Waals surface area contributed by atoms with E-state index in [0.29, 0.717) is 11.3 Å². The number of hydrogen-bond acceptors (Lipinski definition) is 6. The first-order chi connectivity index (χ1) is 14.6. The van der Waals surface area contributed by atoms with E-state index in [2.05, 4.69) is 5.32 Å². The molecule has 10 heteroatoms. The van der Waals surface area contributed by atoms with Crippen molar-refractivity contribution in [3.63, 3.8) is 0 Å². The molecule has 2 aromatic rings. The van der Waals surface area contributed by atoms with Gasteiger partial charge in [0.2, 0.25) is 5.91 Å². The highest BCUT2D eigenvalue weighted by atomic mass is 32.2. The summed E-state index contributed by atoms with van der Waals surface area (Å²) >= 11 is 0. The number of carbonyl (C=O) groups excluding carboxylic acids is 1. The average Bonchev–Trinajstić information content (AvgIpc) is 2.72. The highest BCUT2D eigenvalue weighted by Crippen LogP contribution is 2.29. The molecule has 0 aliphatic heterocycles. The Morgan fingerprint density at radius 2 is 1.87 bits per heavy atom. The average molecular weight is 450 g/mol. The number of hydrogen-bond donors (Lipinski definition) is 1. The number of carbonyl (C=O) groups is 1. The summed E-state index contributed by atoms with van der Waals surface area (Å²) in [6.45, 7) is 4.89. The minimum atomic E-state index is -4.26. The molecule has 0 heterocycles. The van der Waals surface area contributed by atoms with Gasteiger partial charge in [0.25, 0.3) is 15.7 Å². The smallest absolute Gasteiger partial charge is 0.273 e. The second-order valence-corrected chi connectivity index (χ2v) is 9.03. The van der Waals surface area contributed by atoms with E-state index in [1.165, 1.54) is 38.3 Å². The SMILES string of the molecule is CCC[C@@H](C)NC(=O)CN(c1ccc(OC)cc1)S(=O)(=O)c1ccc(C)c([N+](=O)[O-])c1. The number of rotatable bonds is 10. The van der Waals surface area contributed by atoms with Crippen LogP contribution in [0.1, 0.15) is 32.3 Å². The lowest BCUT2D eigenvalue weighted by Gasteiger charge is -2.25. The normalized spacial score (nSPS) is 12.1. The van der Waals surface area contributed by atoms with E-state index in [9.17, 15) is 23.3 Å². The summed E-state index contributed by atoms with van der Waals surface area (Å²) in [7, 11) is -2.78. The first-order valence-corrected chi connectivity index (χ1v) is 11.2. The molecular weight excluding hydrogens is 422 g/mol. The van der Waals surface area contributed by atoms with Gasteiger partial charge >= 0.3 is 0 Å². The van der Waals surface area contributed by atoms with Gasteiger partial charge in [-0.25, -0.2) is 8.42 Å². The van der Waals surface area contributed by atoms with Gasteiger partial charge in [-0.2, -0.15) is 0 Å². The Morgan fingerprint density at radius 3 is 2.42 bits per heavy atom. The van der Waals surface area contributed by atoms with E-state index in [-0.39, 0.29) is 22.3 Å². The maximum Gasteiger partial charge on any atom is 0.273 e. The van der Waals surface area contributed by atoms with Crippen LogP contribution < -0.4 is 14.4 Å². The third kappa shape index (κ3) is 5.94. The molecule has 0 aromatic heterocycles. The zero-order valence-electron chi connectivity index (χ0n) is 18.0. The Bertz CT molecular complexity index is 1040. The van der Waals surface area contributed by atoms with Gasteiger partial charge < -0.3 is 10.1 Å². The highest BCUT2D eigenvalue weighted by molar-refractivity contribution is 7.92. The lowest BCUT2D eigenvalue weighted by Crippen LogP contribution is -2.43. The number of amides is 1. The summed E-state index contributed by atoms with van der Waals surface area (Å²) in [6, 6.07) is 9.76. The number of nitrogens with zero attached hydrogens (tertiary/aromatic N) is 2. The molecule has 0 saturated carbocycles. The Kier molecular flexibility index (Phi) is 7.98. The fraction of sp³-hybridized carbons (Fsp3) is 0.381. The van der Waals surface area contributed by atoms with Crippen LogP contribution in [-0.4, -0.2) is 38.9 Å². The summed E-state index contributed by atoms with van der Waals surface area (Å²) in [5, 5.41) is 14.1. The van der Waals surface area contributed by atoms with Crippen LogP contribution in [0.25, 0.3) is 0 Å². The van der Waals surface area contributed by atoms with Gasteiger partial charge in [0.1, 0.15) is 12.3 Å². The maximum atomic E-state index is 13.4. The molecule has 0 unspecified atom stereocenters. The van der Waals surface area contributed by atoms with Crippen LogP contribution in [0.2, 0.25) is 0 Å². The van der Waals surface area contributed by atoms with Crippen molar-refractivity contribution in [3.8, 4) is 5.75 Å². The van der Waals surface area contributed by atoms with Gasteiger partial charge in [0, 0.05) is 17.7 Å². The van der Waals surface area contributed by atoms with Gasteiger partial charge in [0.15, 0.2) is 0 Å². The van der Waals surface area contributed by atoms with Crippen molar-refractivity contribution in [2.75, 3.05) is 18.0 Å². The number of nitrogens with one attached hydrogen (secondary N) is 1. The molecule has 0 saturated heterocycles. The van der Waals surface area contributed by atoms with E-state index in [1.807, 2.05) is 13.8 Å². The lowest BCUT2D eigenvalue weighted by atomic mass is 10.2. The van der Waals surface area contributed by atoms with Crippen LogP contribution in [0.3, 0.4) is 0 Å². The predicted molar refractivity (Wildman–Crippen MR) is 118 cm³/mol. The van der Waals surface area contributed by atoms with Gasteiger partial charge in [-0.15, -0.1) is 0 Å². The van der Waals surface area contributed by atoms with E-state index in [1.54, 1.807) is 12.1 Å². The Labute approximate surface area is 182 Å². The molecule has 2 aromatic carbocycles. The number of nitro groups is 1. The number of ether oxygens (including phenoxy) is 1. The fourth-order valence-corrected chi connectivity index (χ4v) is 4.53. The van der Waals surface area contributed by atoms with Gasteiger partial charge in [0.05, 0.1) is 22.6 Å². The van der Waals surface area contributed by atoms with Crippen molar-refractivity contribution in [1.82, 2.24) is 5.32 Å². The van der Waals surface area contributed by atoms with E-state index >= 15 is 0 Å². The quantitative estimate of drug-likeness (QED) is 0.439. The second-order valence-electron chi connectivity index (χ2n) is 7.17. The standard InChI is InChI=1S/C21H27N3O6S/c1-5-6-16(3)22-21(25)14-23(17-8-10-18(30-4)11-9-17)31(28,29)19-12-7-15(2)20(13-19)24(26)27/h7-13,16H,5-6,14H2,1-4H3,(H,22,25)/t16-/m1/s1. The number of benzene rings is 2. The minimum absolute atomic E-state index is 0.113. The molecule has 1 amide bonds. The first kappa shape index (κ1) is 24.1. The summed E-state index contributed by atoms with van der Waals surface area (Å²) < 4.78 is 32.9. The van der Waals surface area contributed by atoms with Crippen LogP contribution in [0, 0.1) is 17.0 Å². The van der Waals surface area contributed by atoms with Crippen LogP contribution >= 0.6 is 0 Å².